The van der Waals surface area contributed by atoms with Gasteiger partial charge >= 0.3 is 0 Å². The van der Waals surface area contributed by atoms with Crippen molar-refractivity contribution < 1.29 is 18.7 Å². The highest BCUT2D eigenvalue weighted by molar-refractivity contribution is 5.98. The molecule has 1 aromatic heterocycles. The fourth-order valence-corrected chi connectivity index (χ4v) is 2.28. The summed E-state index contributed by atoms with van der Waals surface area (Å²) in [6.45, 7) is 1.44. The van der Waals surface area contributed by atoms with E-state index in [1.165, 1.54) is 24.4 Å². The first-order valence-electron chi connectivity index (χ1n) is 8.36. The standard InChI is InChI=1S/C19H22FN3O3/c1-26-12-2-9-22-19(25)17-13-15(8-11-21-17)18(24)23-10-7-14-3-5-16(20)6-4-14/h3-6,8,11,13H,2,7,9-10,12H2,1H3,(H,22,25)(H,23,24). The first-order valence-corrected chi connectivity index (χ1v) is 8.36. The third-order valence-electron chi connectivity index (χ3n) is 3.68. The van der Waals surface area contributed by atoms with Gasteiger partial charge in [-0.25, -0.2) is 4.39 Å². The van der Waals surface area contributed by atoms with Crippen LogP contribution in [0.1, 0.15) is 32.8 Å². The highest BCUT2D eigenvalue weighted by Crippen LogP contribution is 2.04. The summed E-state index contributed by atoms with van der Waals surface area (Å²) in [6, 6.07) is 9.14. The molecule has 1 heterocycles. The molecule has 6 nitrogen and oxygen atoms in total. The van der Waals surface area contributed by atoms with E-state index in [0.717, 1.165) is 5.56 Å². The Kier molecular flexibility index (Phi) is 7.70. The first-order chi connectivity index (χ1) is 12.6. The van der Waals surface area contributed by atoms with Gasteiger partial charge in [-0.05, 0) is 42.7 Å². The number of hydrogen-bond acceptors (Lipinski definition) is 4. The average molecular weight is 359 g/mol. The van der Waals surface area contributed by atoms with Gasteiger partial charge in [-0.1, -0.05) is 12.1 Å². The monoisotopic (exact) mass is 359 g/mol. The molecule has 2 rings (SSSR count). The summed E-state index contributed by atoms with van der Waals surface area (Å²) in [5.74, 6) is -0.910. The molecule has 2 aromatic rings. The van der Waals surface area contributed by atoms with Gasteiger partial charge < -0.3 is 15.4 Å². The largest absolute Gasteiger partial charge is 0.385 e. The van der Waals surface area contributed by atoms with Crippen LogP contribution in [0.2, 0.25) is 0 Å². The third-order valence-corrected chi connectivity index (χ3v) is 3.68. The zero-order chi connectivity index (χ0) is 18.8. The van der Waals surface area contributed by atoms with E-state index in [9.17, 15) is 14.0 Å². The second-order valence-corrected chi connectivity index (χ2v) is 5.66. The van der Waals surface area contributed by atoms with E-state index in [1.54, 1.807) is 25.3 Å². The van der Waals surface area contributed by atoms with E-state index < -0.39 is 0 Å². The van der Waals surface area contributed by atoms with E-state index in [-0.39, 0.29) is 23.3 Å². The number of aromatic nitrogens is 1. The van der Waals surface area contributed by atoms with Gasteiger partial charge in [0, 0.05) is 38.6 Å². The molecule has 2 N–H and O–H groups in total. The summed E-state index contributed by atoms with van der Waals surface area (Å²) in [5.41, 5.74) is 1.48. The van der Waals surface area contributed by atoms with Gasteiger partial charge in [-0.3, -0.25) is 14.6 Å². The zero-order valence-corrected chi connectivity index (χ0v) is 14.6. The van der Waals surface area contributed by atoms with E-state index in [4.69, 9.17) is 4.74 Å². The molecule has 0 saturated carbocycles. The lowest BCUT2D eigenvalue weighted by atomic mass is 10.1. The number of carbonyl (C=O) groups excluding carboxylic acids is 2. The normalized spacial score (nSPS) is 10.4. The van der Waals surface area contributed by atoms with Gasteiger partial charge in [0.2, 0.25) is 0 Å². The summed E-state index contributed by atoms with van der Waals surface area (Å²) in [7, 11) is 1.60. The molecule has 26 heavy (non-hydrogen) atoms. The number of methoxy groups -OCH3 is 1. The number of nitrogens with zero attached hydrogens (tertiary/aromatic N) is 1. The molecule has 0 radical (unpaired) electrons. The molecular weight excluding hydrogens is 337 g/mol. The van der Waals surface area contributed by atoms with Gasteiger partial charge in [-0.15, -0.1) is 0 Å². The Bertz CT molecular complexity index is 735. The Hall–Kier alpha value is -2.80. The molecule has 0 fully saturated rings. The van der Waals surface area contributed by atoms with E-state index in [1.807, 2.05) is 0 Å². The number of amides is 2. The van der Waals surface area contributed by atoms with Crippen LogP contribution in [0.15, 0.2) is 42.6 Å². The molecular formula is C19H22FN3O3. The molecule has 1 aromatic carbocycles. The first kappa shape index (κ1) is 19.5. The predicted molar refractivity (Wildman–Crippen MR) is 95.5 cm³/mol. The van der Waals surface area contributed by atoms with Crippen LogP contribution in [0.5, 0.6) is 0 Å². The summed E-state index contributed by atoms with van der Waals surface area (Å²) >= 11 is 0. The number of halogens is 1. The van der Waals surface area contributed by atoms with Gasteiger partial charge in [0.1, 0.15) is 11.5 Å². The van der Waals surface area contributed by atoms with Crippen LogP contribution in [0.3, 0.4) is 0 Å². The van der Waals surface area contributed by atoms with Gasteiger partial charge in [-0.2, -0.15) is 0 Å². The van der Waals surface area contributed by atoms with E-state index in [2.05, 4.69) is 15.6 Å². The zero-order valence-electron chi connectivity index (χ0n) is 14.6. The molecule has 0 aliphatic rings. The van der Waals surface area contributed by atoms with E-state index >= 15 is 0 Å². The minimum atomic E-state index is -0.331. The number of carbonyl (C=O) groups is 2. The van der Waals surface area contributed by atoms with Gasteiger partial charge in [0.25, 0.3) is 11.8 Å². The maximum absolute atomic E-state index is 12.9. The number of benzene rings is 1. The van der Waals surface area contributed by atoms with Crippen LogP contribution >= 0.6 is 0 Å². The topological polar surface area (TPSA) is 80.3 Å². The van der Waals surface area contributed by atoms with E-state index in [0.29, 0.717) is 38.1 Å². The van der Waals surface area contributed by atoms with Crippen molar-refractivity contribution >= 4 is 11.8 Å². The number of rotatable bonds is 9. The summed E-state index contributed by atoms with van der Waals surface area (Å²) < 4.78 is 17.8. The number of nitrogens with one attached hydrogen (secondary N) is 2. The average Bonchev–Trinajstić information content (AvgIpc) is 2.66. The van der Waals surface area contributed by atoms with Crippen LogP contribution in [0.4, 0.5) is 4.39 Å². The Morgan fingerprint density at radius 2 is 1.81 bits per heavy atom. The van der Waals surface area contributed by atoms with Crippen LogP contribution in [-0.4, -0.2) is 43.6 Å². The maximum Gasteiger partial charge on any atom is 0.269 e. The Morgan fingerprint density at radius 1 is 1.08 bits per heavy atom. The minimum Gasteiger partial charge on any atom is -0.385 e. The van der Waals surface area contributed by atoms with Crippen LogP contribution in [0.25, 0.3) is 0 Å². The second-order valence-electron chi connectivity index (χ2n) is 5.66. The number of ether oxygens (including phenoxy) is 1. The van der Waals surface area contributed by atoms with Gasteiger partial charge in [0.15, 0.2) is 0 Å². The fourth-order valence-electron chi connectivity index (χ4n) is 2.28. The number of hydrogen-bond donors (Lipinski definition) is 2. The third kappa shape index (κ3) is 6.25. The summed E-state index contributed by atoms with van der Waals surface area (Å²) in [4.78, 5) is 28.2. The van der Waals surface area contributed by atoms with Crippen molar-refractivity contribution in [1.29, 1.82) is 0 Å². The van der Waals surface area contributed by atoms with Crippen LogP contribution in [0, 0.1) is 5.82 Å². The molecule has 0 bridgehead atoms. The van der Waals surface area contributed by atoms with Crippen molar-refractivity contribution in [1.82, 2.24) is 15.6 Å². The SMILES string of the molecule is COCCCNC(=O)c1cc(C(=O)NCCc2ccc(F)cc2)ccn1. The molecule has 7 heteroatoms. The summed E-state index contributed by atoms with van der Waals surface area (Å²) in [6.07, 6.45) is 2.72. The molecule has 2 amide bonds. The Balaban J connectivity index is 1.84. The Labute approximate surface area is 151 Å². The van der Waals surface area contributed by atoms with Crippen molar-refractivity contribution in [2.45, 2.75) is 12.8 Å². The number of pyridine rings is 1. The second kappa shape index (κ2) is 10.2. The predicted octanol–water partition coefficient (Wildman–Crippen LogP) is 1.96. The lowest BCUT2D eigenvalue weighted by Crippen LogP contribution is -2.28. The van der Waals surface area contributed by atoms with Gasteiger partial charge in [0.05, 0.1) is 0 Å². The van der Waals surface area contributed by atoms with Crippen molar-refractivity contribution in [2.24, 2.45) is 0 Å². The quantitative estimate of drug-likeness (QED) is 0.671. The van der Waals surface area contributed by atoms with Crippen molar-refractivity contribution in [3.05, 3.63) is 65.2 Å². The highest BCUT2D eigenvalue weighted by Gasteiger charge is 2.11. The maximum atomic E-state index is 12.9. The van der Waals surface area contributed by atoms with Crippen molar-refractivity contribution in [3.63, 3.8) is 0 Å². The molecule has 138 valence electrons. The lowest BCUT2D eigenvalue weighted by molar-refractivity contribution is 0.0943. The van der Waals surface area contributed by atoms with Crippen LogP contribution in [-0.2, 0) is 11.2 Å². The molecule has 0 atom stereocenters. The summed E-state index contributed by atoms with van der Waals surface area (Å²) in [5, 5.41) is 5.50. The van der Waals surface area contributed by atoms with Crippen molar-refractivity contribution in [2.75, 3.05) is 26.8 Å². The minimum absolute atomic E-state index is 0.189. The Morgan fingerprint density at radius 3 is 2.54 bits per heavy atom. The van der Waals surface area contributed by atoms with Crippen molar-refractivity contribution in [3.8, 4) is 0 Å². The fraction of sp³-hybridized carbons (Fsp3) is 0.316. The lowest BCUT2D eigenvalue weighted by Gasteiger charge is -2.07. The molecule has 0 saturated heterocycles. The highest BCUT2D eigenvalue weighted by atomic mass is 19.1. The van der Waals surface area contributed by atoms with Crippen LogP contribution < -0.4 is 10.6 Å². The molecule has 0 unspecified atom stereocenters. The molecule has 0 spiro atoms. The molecule has 0 aliphatic carbocycles. The smallest absolute Gasteiger partial charge is 0.269 e. The molecule has 0 aliphatic heterocycles.